The first-order valence-corrected chi connectivity index (χ1v) is 7.54. The molecule has 18 heavy (non-hydrogen) atoms. The fourth-order valence-electron chi connectivity index (χ4n) is 4.79. The van der Waals surface area contributed by atoms with Gasteiger partial charge in [0.05, 0.1) is 11.2 Å². The van der Waals surface area contributed by atoms with E-state index in [1.54, 1.807) is 0 Å². The van der Waals surface area contributed by atoms with Crippen LogP contribution in [0.25, 0.3) is 0 Å². The maximum atomic E-state index is 12.3. The van der Waals surface area contributed by atoms with Gasteiger partial charge in [-0.15, -0.1) is 0 Å². The second kappa shape index (κ2) is 4.31. The normalized spacial score (nSPS) is 49.1. The minimum Gasteiger partial charge on any atom is -0.389 e. The van der Waals surface area contributed by atoms with Gasteiger partial charge in [0.15, 0.2) is 0 Å². The molecular weight excluding hydrogens is 228 g/mol. The van der Waals surface area contributed by atoms with Crippen molar-refractivity contribution in [2.45, 2.75) is 75.4 Å². The quantitative estimate of drug-likeness (QED) is 0.695. The van der Waals surface area contributed by atoms with Gasteiger partial charge in [0.1, 0.15) is 5.78 Å². The van der Waals surface area contributed by atoms with Gasteiger partial charge in [0.2, 0.25) is 0 Å². The summed E-state index contributed by atoms with van der Waals surface area (Å²) in [5, 5.41) is 22.0. The van der Waals surface area contributed by atoms with Crippen molar-refractivity contribution in [3.05, 3.63) is 0 Å². The summed E-state index contributed by atoms with van der Waals surface area (Å²) >= 11 is 0. The predicted octanol–water partition coefficient (Wildman–Crippen LogP) is 2.19. The highest BCUT2D eigenvalue weighted by Crippen LogP contribution is 2.52. The number of hydrogen-bond acceptors (Lipinski definition) is 3. The Labute approximate surface area is 109 Å². The third-order valence-electron chi connectivity index (χ3n) is 5.72. The lowest BCUT2D eigenvalue weighted by Crippen LogP contribution is -2.57. The molecule has 102 valence electrons. The van der Waals surface area contributed by atoms with Crippen LogP contribution in [0, 0.1) is 11.8 Å². The molecule has 0 heterocycles. The summed E-state index contributed by atoms with van der Waals surface area (Å²) in [6.45, 7) is 0. The zero-order valence-corrected chi connectivity index (χ0v) is 11.0. The molecule has 2 N–H and O–H groups in total. The summed E-state index contributed by atoms with van der Waals surface area (Å²) in [5.74, 6) is -0.0844. The molecule has 3 heteroatoms. The van der Waals surface area contributed by atoms with Crippen LogP contribution in [-0.2, 0) is 4.79 Å². The van der Waals surface area contributed by atoms with E-state index in [1.807, 2.05) is 0 Å². The number of ketones is 1. The number of carbonyl (C=O) groups is 1. The molecule has 0 aromatic carbocycles. The van der Waals surface area contributed by atoms with Crippen LogP contribution in [0.2, 0.25) is 0 Å². The molecule has 0 radical (unpaired) electrons. The standard InChI is InChI=1S/C15H24O3/c16-12-7-10-14(17)8-3-2-6-13(14)15(18)9-4-1-5-11(12)15/h11,13,17-18H,1-10H2/t11-,13+,14+,15-/m0/s1. The van der Waals surface area contributed by atoms with Crippen LogP contribution >= 0.6 is 0 Å². The topological polar surface area (TPSA) is 57.5 Å². The van der Waals surface area contributed by atoms with Gasteiger partial charge in [-0.25, -0.2) is 0 Å². The second-order valence-electron chi connectivity index (χ2n) is 6.66. The zero-order chi connectivity index (χ0) is 12.8. The second-order valence-corrected chi connectivity index (χ2v) is 6.66. The largest absolute Gasteiger partial charge is 0.389 e. The van der Waals surface area contributed by atoms with Crippen LogP contribution in [0.15, 0.2) is 0 Å². The summed E-state index contributed by atoms with van der Waals surface area (Å²) < 4.78 is 0. The van der Waals surface area contributed by atoms with E-state index in [2.05, 4.69) is 0 Å². The van der Waals surface area contributed by atoms with Gasteiger partial charge in [-0.3, -0.25) is 4.79 Å². The summed E-state index contributed by atoms with van der Waals surface area (Å²) in [6.07, 6.45) is 8.35. The molecular formula is C15H24O3. The molecule has 3 aliphatic carbocycles. The fourth-order valence-corrected chi connectivity index (χ4v) is 4.79. The van der Waals surface area contributed by atoms with Crippen molar-refractivity contribution in [1.82, 2.24) is 0 Å². The maximum Gasteiger partial charge on any atom is 0.138 e. The summed E-state index contributed by atoms with van der Waals surface area (Å²) in [6, 6.07) is 0. The third-order valence-corrected chi connectivity index (χ3v) is 5.72. The first kappa shape index (κ1) is 12.6. The Bertz CT molecular complexity index is 354. The molecule has 0 unspecified atom stereocenters. The Kier molecular flexibility index (Phi) is 3.02. The highest BCUT2D eigenvalue weighted by molar-refractivity contribution is 5.83. The molecule has 0 spiro atoms. The number of carbonyl (C=O) groups excluding carboxylic acids is 1. The molecule has 3 fully saturated rings. The molecule has 0 aliphatic heterocycles. The molecule has 4 atom stereocenters. The van der Waals surface area contributed by atoms with Crippen molar-refractivity contribution in [1.29, 1.82) is 0 Å². The molecule has 0 aromatic rings. The SMILES string of the molecule is O=C1CC[C@]2(O)CCCC[C@H]2[C@]2(O)CCCC[C@@H]12. The van der Waals surface area contributed by atoms with Crippen LogP contribution in [0.3, 0.4) is 0 Å². The first-order chi connectivity index (χ1) is 8.56. The lowest BCUT2D eigenvalue weighted by molar-refractivity contribution is -0.175. The minimum absolute atomic E-state index is 0.0736. The van der Waals surface area contributed by atoms with Gasteiger partial charge in [-0.05, 0) is 32.1 Å². The van der Waals surface area contributed by atoms with Gasteiger partial charge >= 0.3 is 0 Å². The van der Waals surface area contributed by atoms with Crippen molar-refractivity contribution >= 4 is 5.78 Å². The fraction of sp³-hybridized carbons (Fsp3) is 0.933. The smallest absolute Gasteiger partial charge is 0.138 e. The van der Waals surface area contributed by atoms with Crippen LogP contribution < -0.4 is 0 Å². The minimum atomic E-state index is -0.916. The van der Waals surface area contributed by atoms with E-state index in [0.29, 0.717) is 19.3 Å². The predicted molar refractivity (Wildman–Crippen MR) is 68.1 cm³/mol. The van der Waals surface area contributed by atoms with Crippen LogP contribution in [-0.4, -0.2) is 27.2 Å². The van der Waals surface area contributed by atoms with Gasteiger partial charge in [-0.2, -0.15) is 0 Å². The average Bonchev–Trinajstić information content (AvgIpc) is 2.44. The zero-order valence-electron chi connectivity index (χ0n) is 11.0. The van der Waals surface area contributed by atoms with Crippen molar-refractivity contribution in [2.75, 3.05) is 0 Å². The molecule has 3 saturated carbocycles. The Balaban J connectivity index is 2.00. The first-order valence-electron chi connectivity index (χ1n) is 7.54. The van der Waals surface area contributed by atoms with Gasteiger partial charge in [-0.1, -0.05) is 25.7 Å². The Morgan fingerprint density at radius 2 is 1.67 bits per heavy atom. The van der Waals surface area contributed by atoms with Crippen molar-refractivity contribution in [3.8, 4) is 0 Å². The third kappa shape index (κ3) is 1.75. The Morgan fingerprint density at radius 3 is 2.50 bits per heavy atom. The lowest BCUT2D eigenvalue weighted by atomic mass is 9.60. The molecule has 0 bridgehead atoms. The van der Waals surface area contributed by atoms with Gasteiger partial charge in [0, 0.05) is 18.3 Å². The maximum absolute atomic E-state index is 12.3. The van der Waals surface area contributed by atoms with Crippen LogP contribution in [0.1, 0.15) is 64.2 Å². The van der Waals surface area contributed by atoms with Crippen LogP contribution in [0.5, 0.6) is 0 Å². The molecule has 0 saturated heterocycles. The van der Waals surface area contributed by atoms with E-state index in [9.17, 15) is 15.0 Å². The summed E-state index contributed by atoms with van der Waals surface area (Å²) in [4.78, 5) is 12.3. The summed E-state index contributed by atoms with van der Waals surface area (Å²) in [5.41, 5.74) is -1.70. The molecule has 0 amide bonds. The number of fused-ring (bicyclic) bond motifs is 3. The van der Waals surface area contributed by atoms with Gasteiger partial charge < -0.3 is 10.2 Å². The van der Waals surface area contributed by atoms with E-state index in [4.69, 9.17) is 0 Å². The number of aliphatic hydroxyl groups is 2. The molecule has 3 rings (SSSR count). The lowest BCUT2D eigenvalue weighted by Gasteiger charge is -2.50. The molecule has 3 nitrogen and oxygen atoms in total. The number of rotatable bonds is 0. The molecule has 0 aromatic heterocycles. The highest BCUT2D eigenvalue weighted by Gasteiger charge is 2.57. The average molecular weight is 252 g/mol. The number of Topliss-reactive ketones (excluding diaryl/α,β-unsaturated/α-hetero) is 1. The van der Waals surface area contributed by atoms with Crippen LogP contribution in [0.4, 0.5) is 0 Å². The Morgan fingerprint density at radius 1 is 0.944 bits per heavy atom. The van der Waals surface area contributed by atoms with E-state index in [0.717, 1.165) is 44.9 Å². The van der Waals surface area contributed by atoms with E-state index in [-0.39, 0.29) is 17.6 Å². The van der Waals surface area contributed by atoms with E-state index in [1.165, 1.54) is 0 Å². The van der Waals surface area contributed by atoms with E-state index < -0.39 is 11.2 Å². The monoisotopic (exact) mass is 252 g/mol. The summed E-state index contributed by atoms with van der Waals surface area (Å²) in [7, 11) is 0. The van der Waals surface area contributed by atoms with Crippen molar-refractivity contribution in [3.63, 3.8) is 0 Å². The highest BCUT2D eigenvalue weighted by atomic mass is 16.3. The number of hydrogen-bond donors (Lipinski definition) is 2. The van der Waals surface area contributed by atoms with Crippen molar-refractivity contribution < 1.29 is 15.0 Å². The Hall–Kier alpha value is -0.410. The van der Waals surface area contributed by atoms with E-state index >= 15 is 0 Å². The van der Waals surface area contributed by atoms with Crippen molar-refractivity contribution in [2.24, 2.45) is 11.8 Å². The van der Waals surface area contributed by atoms with Gasteiger partial charge in [0.25, 0.3) is 0 Å². The molecule has 3 aliphatic rings.